The van der Waals surface area contributed by atoms with Crippen LogP contribution in [0.15, 0.2) is 64.5 Å². The molecule has 0 aliphatic carbocycles. The Morgan fingerprint density at radius 3 is 2.25 bits per heavy atom. The van der Waals surface area contributed by atoms with Crippen molar-refractivity contribution in [2.75, 3.05) is 12.3 Å². The minimum absolute atomic E-state index is 0. The number of ether oxygens (including phenoxy) is 1. The Hall–Kier alpha value is -2.02. The number of guanidine groups is 1. The van der Waals surface area contributed by atoms with Crippen LogP contribution in [0.2, 0.25) is 0 Å². The first-order valence-corrected chi connectivity index (χ1v) is 9.47. The minimum Gasteiger partial charge on any atom is -0.406 e. The predicted molar refractivity (Wildman–Crippen MR) is 110 cm³/mol. The minimum atomic E-state index is -4.74. The second-order valence-electron chi connectivity index (χ2n) is 5.45. The maximum absolute atomic E-state index is 12.1. The Morgan fingerprint density at radius 2 is 1.68 bits per heavy atom. The normalized spacial score (nSPS) is 12.2. The van der Waals surface area contributed by atoms with Gasteiger partial charge in [-0.15, -0.1) is 37.1 Å². The number of aliphatic imine (C=N–C) groups is 1. The highest BCUT2D eigenvalue weighted by Crippen LogP contribution is 2.22. The van der Waals surface area contributed by atoms with Crippen molar-refractivity contribution in [3.63, 3.8) is 0 Å². The fourth-order valence-electron chi connectivity index (χ4n) is 2.09. The zero-order valence-electron chi connectivity index (χ0n) is 14.5. The van der Waals surface area contributed by atoms with E-state index >= 15 is 0 Å². The number of halogens is 4. The van der Waals surface area contributed by atoms with Gasteiger partial charge in [-0.3, -0.25) is 0 Å². The van der Waals surface area contributed by atoms with E-state index in [1.54, 1.807) is 18.2 Å². The predicted octanol–water partition coefficient (Wildman–Crippen LogP) is 3.08. The van der Waals surface area contributed by atoms with E-state index in [2.05, 4.69) is 15.0 Å². The lowest BCUT2D eigenvalue weighted by Crippen LogP contribution is -2.35. The van der Waals surface area contributed by atoms with E-state index in [4.69, 9.17) is 5.73 Å². The van der Waals surface area contributed by atoms with Crippen molar-refractivity contribution in [2.45, 2.75) is 17.8 Å². The van der Waals surface area contributed by atoms with E-state index in [0.717, 1.165) is 0 Å². The number of nitrogens with zero attached hydrogens (tertiary/aromatic N) is 1. The SMILES string of the molecule is I.NC(=NCc1ccc(OC(F)(F)F)cc1)NCCS(=O)(=O)c1ccccc1. The van der Waals surface area contributed by atoms with E-state index in [0.29, 0.717) is 5.56 Å². The van der Waals surface area contributed by atoms with E-state index in [-0.39, 0.29) is 59.4 Å². The number of alkyl halides is 3. The lowest BCUT2D eigenvalue weighted by Gasteiger charge is -2.09. The van der Waals surface area contributed by atoms with Gasteiger partial charge < -0.3 is 15.8 Å². The van der Waals surface area contributed by atoms with E-state index in [1.165, 1.54) is 36.4 Å². The molecule has 0 aromatic heterocycles. The summed E-state index contributed by atoms with van der Waals surface area (Å²) in [6, 6.07) is 13.2. The van der Waals surface area contributed by atoms with Crippen molar-refractivity contribution in [3.05, 3.63) is 60.2 Å². The third kappa shape index (κ3) is 8.33. The number of sulfone groups is 1. The van der Waals surface area contributed by atoms with Crippen LogP contribution in [0.3, 0.4) is 0 Å². The smallest absolute Gasteiger partial charge is 0.406 e. The fraction of sp³-hybridized carbons (Fsp3) is 0.235. The van der Waals surface area contributed by atoms with E-state index < -0.39 is 16.2 Å². The van der Waals surface area contributed by atoms with Crippen LogP contribution in [0, 0.1) is 0 Å². The summed E-state index contributed by atoms with van der Waals surface area (Å²) in [5, 5.41) is 2.70. The van der Waals surface area contributed by atoms with Gasteiger partial charge in [0.05, 0.1) is 17.2 Å². The number of nitrogens with one attached hydrogen (secondary N) is 1. The molecule has 28 heavy (non-hydrogen) atoms. The second kappa shape index (κ2) is 10.5. The zero-order valence-corrected chi connectivity index (χ0v) is 17.7. The molecule has 0 fully saturated rings. The van der Waals surface area contributed by atoms with Gasteiger partial charge in [0.15, 0.2) is 15.8 Å². The number of hydrogen-bond donors (Lipinski definition) is 2. The van der Waals surface area contributed by atoms with Crippen LogP contribution in [-0.2, 0) is 16.4 Å². The first-order chi connectivity index (χ1) is 12.7. The molecular weight excluding hydrogens is 510 g/mol. The summed E-state index contributed by atoms with van der Waals surface area (Å²) in [4.78, 5) is 4.24. The largest absolute Gasteiger partial charge is 0.573 e. The van der Waals surface area contributed by atoms with Crippen LogP contribution in [0.5, 0.6) is 5.75 Å². The van der Waals surface area contributed by atoms with Gasteiger partial charge >= 0.3 is 6.36 Å². The van der Waals surface area contributed by atoms with Crippen LogP contribution < -0.4 is 15.8 Å². The molecule has 0 heterocycles. The van der Waals surface area contributed by atoms with Crippen molar-refractivity contribution >= 4 is 39.8 Å². The molecular formula is C17H19F3IN3O3S. The number of rotatable bonds is 7. The summed E-state index contributed by atoms with van der Waals surface area (Å²) in [6.07, 6.45) is -4.74. The molecule has 0 saturated heterocycles. The van der Waals surface area contributed by atoms with Gasteiger partial charge in [0.2, 0.25) is 0 Å². The average molecular weight is 529 g/mol. The van der Waals surface area contributed by atoms with Gasteiger partial charge in [0.1, 0.15) is 5.75 Å². The summed E-state index contributed by atoms with van der Waals surface area (Å²) in [5.74, 6) is -0.446. The van der Waals surface area contributed by atoms with Crippen molar-refractivity contribution in [2.24, 2.45) is 10.7 Å². The average Bonchev–Trinajstić information content (AvgIpc) is 2.60. The molecule has 154 valence electrons. The summed E-state index contributed by atoms with van der Waals surface area (Å²) < 4.78 is 64.3. The van der Waals surface area contributed by atoms with Crippen LogP contribution in [0.4, 0.5) is 13.2 Å². The fourth-order valence-corrected chi connectivity index (χ4v) is 3.27. The van der Waals surface area contributed by atoms with Gasteiger partial charge in [-0.2, -0.15) is 0 Å². The molecule has 6 nitrogen and oxygen atoms in total. The third-order valence-electron chi connectivity index (χ3n) is 3.37. The van der Waals surface area contributed by atoms with Crippen LogP contribution >= 0.6 is 24.0 Å². The molecule has 0 bridgehead atoms. The molecule has 2 aromatic rings. The Morgan fingerprint density at radius 1 is 1.07 bits per heavy atom. The standard InChI is InChI=1S/C17H18F3N3O3S.HI/c18-17(19,20)26-14-8-6-13(7-9-14)12-23-16(21)22-10-11-27(24,25)15-4-2-1-3-5-15;/h1-9H,10-12H2,(H3,21,22,23);1H. The molecule has 2 aromatic carbocycles. The highest BCUT2D eigenvalue weighted by molar-refractivity contribution is 14.0. The first kappa shape index (κ1) is 24.0. The van der Waals surface area contributed by atoms with Crippen LogP contribution in [-0.4, -0.2) is 33.0 Å². The molecule has 0 unspecified atom stereocenters. The molecule has 0 saturated carbocycles. The number of nitrogens with two attached hydrogens (primary N) is 1. The van der Waals surface area contributed by atoms with Crippen molar-refractivity contribution in [3.8, 4) is 5.75 Å². The first-order valence-electron chi connectivity index (χ1n) is 7.82. The number of hydrogen-bond acceptors (Lipinski definition) is 4. The lowest BCUT2D eigenvalue weighted by molar-refractivity contribution is -0.274. The van der Waals surface area contributed by atoms with Gasteiger partial charge in [0.25, 0.3) is 0 Å². The maximum atomic E-state index is 12.1. The maximum Gasteiger partial charge on any atom is 0.573 e. The molecule has 0 radical (unpaired) electrons. The van der Waals surface area contributed by atoms with Gasteiger partial charge in [0, 0.05) is 6.54 Å². The topological polar surface area (TPSA) is 93.8 Å². The number of benzene rings is 2. The summed E-state index contributed by atoms with van der Waals surface area (Å²) in [5.41, 5.74) is 6.29. The molecule has 0 aliphatic heterocycles. The van der Waals surface area contributed by atoms with Crippen LogP contribution in [0.1, 0.15) is 5.56 Å². The van der Waals surface area contributed by atoms with E-state index in [1.807, 2.05) is 0 Å². The quantitative estimate of drug-likeness (QED) is 0.327. The molecule has 0 aliphatic rings. The van der Waals surface area contributed by atoms with Gasteiger partial charge in [-0.1, -0.05) is 30.3 Å². The second-order valence-corrected chi connectivity index (χ2v) is 7.56. The Kier molecular flexibility index (Phi) is 9.01. The van der Waals surface area contributed by atoms with Crippen molar-refractivity contribution in [1.29, 1.82) is 0 Å². The summed E-state index contributed by atoms with van der Waals surface area (Å²) in [6.45, 7) is 0.196. The highest BCUT2D eigenvalue weighted by Gasteiger charge is 2.30. The molecule has 0 spiro atoms. The van der Waals surface area contributed by atoms with Crippen LogP contribution in [0.25, 0.3) is 0 Å². The Balaban J connectivity index is 0.00000392. The molecule has 0 amide bonds. The molecule has 3 N–H and O–H groups in total. The Bertz CT molecular complexity index is 874. The van der Waals surface area contributed by atoms with Gasteiger partial charge in [-0.25, -0.2) is 13.4 Å². The monoisotopic (exact) mass is 529 g/mol. The third-order valence-corrected chi connectivity index (χ3v) is 5.10. The Labute approximate surface area is 177 Å². The zero-order chi connectivity index (χ0) is 19.9. The van der Waals surface area contributed by atoms with Gasteiger partial charge in [-0.05, 0) is 29.8 Å². The molecule has 0 atom stereocenters. The van der Waals surface area contributed by atoms with E-state index in [9.17, 15) is 21.6 Å². The summed E-state index contributed by atoms with van der Waals surface area (Å²) in [7, 11) is -3.42. The highest BCUT2D eigenvalue weighted by atomic mass is 127. The molecule has 2 rings (SSSR count). The molecule has 11 heteroatoms. The van der Waals surface area contributed by atoms with Crippen molar-refractivity contribution in [1.82, 2.24) is 5.32 Å². The van der Waals surface area contributed by atoms with Crippen molar-refractivity contribution < 1.29 is 26.3 Å². The lowest BCUT2D eigenvalue weighted by atomic mass is 10.2. The summed E-state index contributed by atoms with van der Waals surface area (Å²) >= 11 is 0.